The van der Waals surface area contributed by atoms with Crippen LogP contribution in [-0.4, -0.2) is 60.8 Å². The summed E-state index contributed by atoms with van der Waals surface area (Å²) in [4.78, 5) is 14.9. The Balaban J connectivity index is 1.56. The van der Waals surface area contributed by atoms with Gasteiger partial charge in [-0.3, -0.25) is 4.79 Å². The van der Waals surface area contributed by atoms with Crippen LogP contribution in [0.25, 0.3) is 11.4 Å². The molecule has 1 saturated heterocycles. The van der Waals surface area contributed by atoms with Crippen LogP contribution >= 0.6 is 0 Å². The molecule has 0 aliphatic carbocycles. The van der Waals surface area contributed by atoms with E-state index in [0.29, 0.717) is 5.69 Å². The molecule has 0 bridgehead atoms. The second-order valence-corrected chi connectivity index (χ2v) is 6.98. The standard InChI is InChI=1S/C19H23N7O/c1-14(2)26(16-8-9-20-10-16)19(27)18-13-25(23-22-18)17-11-21-24(12-17)15-6-4-3-5-7-15/h3-7,11-14,16,20H,8-10H2,1-2H3/t16-/m0/s1. The number of benzene rings is 1. The highest BCUT2D eigenvalue weighted by atomic mass is 16.2. The van der Waals surface area contributed by atoms with Crippen molar-refractivity contribution in [3.63, 3.8) is 0 Å². The van der Waals surface area contributed by atoms with Gasteiger partial charge in [-0.2, -0.15) is 5.10 Å². The van der Waals surface area contributed by atoms with E-state index in [0.717, 1.165) is 30.9 Å². The Kier molecular flexibility index (Phi) is 4.72. The van der Waals surface area contributed by atoms with Crippen LogP contribution in [0.4, 0.5) is 0 Å². The Labute approximate surface area is 157 Å². The Hall–Kier alpha value is -3.00. The SMILES string of the molecule is CC(C)N(C(=O)c1cn(-c2cnn(-c3ccccc3)c2)nn1)[C@H]1CCNC1. The van der Waals surface area contributed by atoms with E-state index in [1.807, 2.05) is 55.3 Å². The van der Waals surface area contributed by atoms with Crippen LogP contribution in [0.5, 0.6) is 0 Å². The first kappa shape index (κ1) is 17.4. The second kappa shape index (κ2) is 7.32. The van der Waals surface area contributed by atoms with Crippen molar-refractivity contribution in [2.24, 2.45) is 0 Å². The molecule has 1 aromatic carbocycles. The number of aromatic nitrogens is 5. The quantitative estimate of drug-likeness (QED) is 0.744. The first-order chi connectivity index (χ1) is 13.1. The number of para-hydroxylation sites is 1. The van der Waals surface area contributed by atoms with Gasteiger partial charge in [0.2, 0.25) is 0 Å². The third-order valence-corrected chi connectivity index (χ3v) is 4.79. The Morgan fingerprint density at radius 3 is 2.70 bits per heavy atom. The minimum absolute atomic E-state index is 0.0830. The second-order valence-electron chi connectivity index (χ2n) is 6.98. The van der Waals surface area contributed by atoms with E-state index in [-0.39, 0.29) is 18.0 Å². The lowest BCUT2D eigenvalue weighted by Crippen LogP contribution is -2.46. The zero-order valence-corrected chi connectivity index (χ0v) is 15.5. The summed E-state index contributed by atoms with van der Waals surface area (Å²) in [5.74, 6) is -0.0830. The molecular weight excluding hydrogens is 342 g/mol. The van der Waals surface area contributed by atoms with Gasteiger partial charge in [0.05, 0.1) is 24.3 Å². The van der Waals surface area contributed by atoms with Gasteiger partial charge >= 0.3 is 0 Å². The number of hydrogen-bond acceptors (Lipinski definition) is 5. The lowest BCUT2D eigenvalue weighted by Gasteiger charge is -2.31. The summed E-state index contributed by atoms with van der Waals surface area (Å²) in [6.45, 7) is 5.82. The van der Waals surface area contributed by atoms with E-state index in [4.69, 9.17) is 0 Å². The normalized spacial score (nSPS) is 16.8. The van der Waals surface area contributed by atoms with Crippen molar-refractivity contribution in [1.29, 1.82) is 0 Å². The van der Waals surface area contributed by atoms with E-state index in [2.05, 4.69) is 20.7 Å². The molecule has 8 nitrogen and oxygen atoms in total. The van der Waals surface area contributed by atoms with Gasteiger partial charge in [-0.25, -0.2) is 9.36 Å². The number of hydrogen-bond donors (Lipinski definition) is 1. The summed E-state index contributed by atoms with van der Waals surface area (Å²) in [6, 6.07) is 10.1. The van der Waals surface area contributed by atoms with Gasteiger partial charge in [-0.1, -0.05) is 23.4 Å². The zero-order valence-electron chi connectivity index (χ0n) is 15.5. The minimum atomic E-state index is -0.0830. The van der Waals surface area contributed by atoms with Crippen LogP contribution in [0.3, 0.4) is 0 Å². The molecule has 1 amide bonds. The molecule has 1 atom stereocenters. The smallest absolute Gasteiger partial charge is 0.276 e. The van der Waals surface area contributed by atoms with E-state index in [9.17, 15) is 4.79 Å². The Morgan fingerprint density at radius 2 is 2.00 bits per heavy atom. The molecule has 140 valence electrons. The van der Waals surface area contributed by atoms with Gasteiger partial charge in [-0.05, 0) is 38.9 Å². The fraction of sp³-hybridized carbons (Fsp3) is 0.368. The van der Waals surface area contributed by atoms with Crippen LogP contribution in [-0.2, 0) is 0 Å². The highest BCUT2D eigenvalue weighted by Gasteiger charge is 2.30. The molecule has 3 aromatic rings. The molecule has 1 N–H and O–H groups in total. The first-order valence-corrected chi connectivity index (χ1v) is 9.19. The van der Waals surface area contributed by atoms with Crippen molar-refractivity contribution in [2.45, 2.75) is 32.4 Å². The molecule has 0 spiro atoms. The van der Waals surface area contributed by atoms with Crippen LogP contribution in [0.2, 0.25) is 0 Å². The van der Waals surface area contributed by atoms with Crippen molar-refractivity contribution >= 4 is 5.91 Å². The predicted molar refractivity (Wildman–Crippen MR) is 101 cm³/mol. The largest absolute Gasteiger partial charge is 0.330 e. The lowest BCUT2D eigenvalue weighted by atomic mass is 10.1. The summed E-state index contributed by atoms with van der Waals surface area (Å²) < 4.78 is 3.36. The number of nitrogens with one attached hydrogen (secondary N) is 1. The van der Waals surface area contributed by atoms with E-state index in [1.54, 1.807) is 21.8 Å². The van der Waals surface area contributed by atoms with Gasteiger partial charge in [0, 0.05) is 18.6 Å². The van der Waals surface area contributed by atoms with Gasteiger partial charge in [0.15, 0.2) is 5.69 Å². The number of amides is 1. The van der Waals surface area contributed by atoms with E-state index < -0.39 is 0 Å². The molecule has 0 unspecified atom stereocenters. The lowest BCUT2D eigenvalue weighted by molar-refractivity contribution is 0.0620. The van der Waals surface area contributed by atoms with Gasteiger partial charge < -0.3 is 10.2 Å². The summed E-state index contributed by atoms with van der Waals surface area (Å²) in [7, 11) is 0. The summed E-state index contributed by atoms with van der Waals surface area (Å²) in [6.07, 6.45) is 6.20. The third-order valence-electron chi connectivity index (χ3n) is 4.79. The molecule has 1 aliphatic rings. The van der Waals surface area contributed by atoms with Crippen LogP contribution in [0.1, 0.15) is 30.8 Å². The molecule has 4 rings (SSSR count). The predicted octanol–water partition coefficient (Wildman–Crippen LogP) is 1.67. The molecule has 0 radical (unpaired) electrons. The molecule has 3 heterocycles. The number of carbonyl (C=O) groups excluding carboxylic acids is 1. The van der Waals surface area contributed by atoms with Gasteiger partial charge in [0.25, 0.3) is 5.91 Å². The molecule has 1 fully saturated rings. The highest BCUT2D eigenvalue weighted by Crippen LogP contribution is 2.17. The minimum Gasteiger partial charge on any atom is -0.330 e. The summed E-state index contributed by atoms with van der Waals surface area (Å²) in [5, 5.41) is 15.9. The first-order valence-electron chi connectivity index (χ1n) is 9.19. The van der Waals surface area contributed by atoms with Gasteiger partial charge in [0.1, 0.15) is 5.69 Å². The molecule has 27 heavy (non-hydrogen) atoms. The molecule has 2 aromatic heterocycles. The highest BCUT2D eigenvalue weighted by molar-refractivity contribution is 5.92. The summed E-state index contributed by atoms with van der Waals surface area (Å²) >= 11 is 0. The Morgan fingerprint density at radius 1 is 1.19 bits per heavy atom. The molecule has 1 aliphatic heterocycles. The fourth-order valence-corrected chi connectivity index (χ4v) is 3.47. The van der Waals surface area contributed by atoms with Gasteiger partial charge in [-0.15, -0.1) is 5.10 Å². The summed E-state index contributed by atoms with van der Waals surface area (Å²) in [5.41, 5.74) is 2.06. The van der Waals surface area contributed by atoms with E-state index >= 15 is 0 Å². The number of rotatable bonds is 5. The van der Waals surface area contributed by atoms with Crippen LogP contribution < -0.4 is 5.32 Å². The maximum absolute atomic E-state index is 13.0. The molecule has 8 heteroatoms. The monoisotopic (exact) mass is 365 g/mol. The number of carbonyl (C=O) groups is 1. The maximum Gasteiger partial charge on any atom is 0.276 e. The van der Waals surface area contributed by atoms with Crippen molar-refractivity contribution in [1.82, 2.24) is 35.0 Å². The van der Waals surface area contributed by atoms with E-state index in [1.165, 1.54) is 0 Å². The number of nitrogens with zero attached hydrogens (tertiary/aromatic N) is 6. The Bertz CT molecular complexity index is 909. The van der Waals surface area contributed by atoms with Crippen LogP contribution in [0.15, 0.2) is 48.9 Å². The fourth-order valence-electron chi connectivity index (χ4n) is 3.47. The topological polar surface area (TPSA) is 80.9 Å². The van der Waals surface area contributed by atoms with Crippen molar-refractivity contribution in [2.75, 3.05) is 13.1 Å². The van der Waals surface area contributed by atoms with Crippen molar-refractivity contribution in [3.8, 4) is 11.4 Å². The average molecular weight is 365 g/mol. The molecular formula is C19H23N7O. The third kappa shape index (κ3) is 3.48. The molecule has 0 saturated carbocycles. The maximum atomic E-state index is 13.0. The van der Waals surface area contributed by atoms with Crippen molar-refractivity contribution in [3.05, 3.63) is 54.6 Å². The average Bonchev–Trinajstić information content (AvgIpc) is 3.42. The van der Waals surface area contributed by atoms with Crippen molar-refractivity contribution < 1.29 is 4.79 Å². The zero-order chi connectivity index (χ0) is 18.8. The van der Waals surface area contributed by atoms with Crippen LogP contribution in [0, 0.1) is 0 Å².